The lowest BCUT2D eigenvalue weighted by atomic mass is 11.0. The van der Waals surface area contributed by atoms with Crippen molar-refractivity contribution in [3.05, 3.63) is 25.2 Å². The zero-order chi connectivity index (χ0) is 6.41. The Bertz CT molecular complexity index is 159. The van der Waals surface area contributed by atoms with Crippen LogP contribution in [-0.4, -0.2) is 14.0 Å². The van der Waals surface area contributed by atoms with Gasteiger partial charge < -0.3 is 4.43 Å². The molecular formula is C6H8OSi. The van der Waals surface area contributed by atoms with Gasteiger partial charge in [0, 0.05) is 0 Å². The minimum atomic E-state index is -0.911. The zero-order valence-electron chi connectivity index (χ0n) is 4.90. The maximum atomic E-state index is 4.97. The van der Waals surface area contributed by atoms with Crippen molar-refractivity contribution < 1.29 is 4.43 Å². The van der Waals surface area contributed by atoms with Crippen LogP contribution in [0.3, 0.4) is 0 Å². The van der Waals surface area contributed by atoms with Crippen LogP contribution in [0.1, 0.15) is 0 Å². The zero-order valence-corrected chi connectivity index (χ0v) is 5.90. The maximum absolute atomic E-state index is 4.97. The first-order valence-corrected chi connectivity index (χ1v) is 4.09. The van der Waals surface area contributed by atoms with Crippen molar-refractivity contribution in [2.24, 2.45) is 0 Å². The molecule has 0 amide bonds. The van der Waals surface area contributed by atoms with Gasteiger partial charge in [-0.15, -0.1) is 5.33 Å². The van der Waals surface area contributed by atoms with Crippen molar-refractivity contribution in [2.75, 3.05) is 0 Å². The van der Waals surface area contributed by atoms with E-state index in [2.05, 4.69) is 24.2 Å². The third-order valence-electron chi connectivity index (χ3n) is 0.568. The fraction of sp³-hybridized carbons (Fsp3) is 0.167. The molecule has 0 fully saturated rings. The molecule has 42 valence electrons. The molecule has 0 radical (unpaired) electrons. The van der Waals surface area contributed by atoms with Crippen LogP contribution in [0.15, 0.2) is 25.2 Å². The van der Waals surface area contributed by atoms with E-state index in [-0.39, 0.29) is 0 Å². The highest BCUT2D eigenvalue weighted by Crippen LogP contribution is 1.71. The van der Waals surface area contributed by atoms with E-state index in [1.165, 1.54) is 6.26 Å². The third-order valence-corrected chi connectivity index (χ3v) is 1.54. The van der Waals surface area contributed by atoms with Gasteiger partial charge in [-0.25, -0.2) is 0 Å². The second-order valence-corrected chi connectivity index (χ2v) is 2.87. The Kier molecular flexibility index (Phi) is 3.91. The van der Waals surface area contributed by atoms with Gasteiger partial charge in [0.1, 0.15) is 6.26 Å². The molecule has 0 saturated carbocycles. The topological polar surface area (TPSA) is 9.23 Å². The molecule has 0 aliphatic rings. The Hall–Kier alpha value is -0.813. The van der Waals surface area contributed by atoms with E-state index in [1.807, 2.05) is 6.55 Å². The standard InChI is InChI=1S/C6H8OSi/c1-4-6-7-8(3)5-2/h6H,1-2H2,3H3. The summed E-state index contributed by atoms with van der Waals surface area (Å²) in [6, 6.07) is 0. The largest absolute Gasteiger partial charge is 0.509 e. The molecule has 0 aromatic rings. The summed E-state index contributed by atoms with van der Waals surface area (Å²) < 4.78 is 4.97. The average Bonchev–Trinajstić information content (AvgIpc) is 1.83. The van der Waals surface area contributed by atoms with Gasteiger partial charge in [-0.2, -0.15) is 0 Å². The van der Waals surface area contributed by atoms with Crippen molar-refractivity contribution in [3.63, 3.8) is 0 Å². The predicted molar refractivity (Wildman–Crippen MR) is 37.0 cm³/mol. The first kappa shape index (κ1) is 7.19. The molecule has 0 bridgehead atoms. The van der Waals surface area contributed by atoms with Crippen LogP contribution in [0.4, 0.5) is 0 Å². The van der Waals surface area contributed by atoms with Crippen LogP contribution in [-0.2, 0) is 4.43 Å². The molecule has 0 aromatic heterocycles. The third kappa shape index (κ3) is 3.38. The number of rotatable bonds is 2. The van der Waals surface area contributed by atoms with Gasteiger partial charge in [-0.3, -0.25) is 0 Å². The highest BCUT2D eigenvalue weighted by atomic mass is 28.3. The summed E-state index contributed by atoms with van der Waals surface area (Å²) in [5, 5.41) is 2.73. The van der Waals surface area contributed by atoms with Crippen LogP contribution in [0.5, 0.6) is 0 Å². The normalized spacial score (nSPS) is 6.12. The average molecular weight is 124 g/mol. The molecule has 8 heavy (non-hydrogen) atoms. The lowest BCUT2D eigenvalue weighted by Crippen LogP contribution is -1.94. The molecule has 2 heteroatoms. The van der Waals surface area contributed by atoms with Crippen LogP contribution in [0.25, 0.3) is 0 Å². The van der Waals surface area contributed by atoms with Crippen molar-refractivity contribution in [1.82, 2.24) is 0 Å². The predicted octanol–water partition coefficient (Wildman–Crippen LogP) is 1.09. The molecule has 0 atom stereocenters. The van der Waals surface area contributed by atoms with Crippen molar-refractivity contribution >= 4 is 14.0 Å². The van der Waals surface area contributed by atoms with E-state index < -0.39 is 8.65 Å². The van der Waals surface area contributed by atoms with Crippen LogP contribution < -0.4 is 0 Å². The molecular weight excluding hydrogens is 116 g/mol. The fourth-order valence-corrected chi connectivity index (χ4v) is 0.515. The van der Waals surface area contributed by atoms with Gasteiger partial charge in [0.2, 0.25) is 0 Å². The first-order chi connectivity index (χ1) is 3.81. The summed E-state index contributed by atoms with van der Waals surface area (Å²) in [5.74, 6) is 0. The Morgan fingerprint density at radius 1 is 1.62 bits per heavy atom. The smallest absolute Gasteiger partial charge is 0.289 e. The van der Waals surface area contributed by atoms with E-state index in [4.69, 9.17) is 4.43 Å². The highest BCUT2D eigenvalue weighted by Gasteiger charge is 1.79. The molecule has 0 heterocycles. The minimum absolute atomic E-state index is 0.911. The van der Waals surface area contributed by atoms with E-state index in [0.29, 0.717) is 0 Å². The van der Waals surface area contributed by atoms with Gasteiger partial charge in [0.25, 0.3) is 8.65 Å². The lowest BCUT2D eigenvalue weighted by Gasteiger charge is -1.88. The Morgan fingerprint density at radius 2 is 2.25 bits per heavy atom. The summed E-state index contributed by atoms with van der Waals surface area (Å²) in [6.07, 6.45) is 1.44. The summed E-state index contributed by atoms with van der Waals surface area (Å²) >= 11 is 0. The van der Waals surface area contributed by atoms with Gasteiger partial charge in [0.05, 0.1) is 0 Å². The monoisotopic (exact) mass is 124 g/mol. The van der Waals surface area contributed by atoms with E-state index in [1.54, 1.807) is 0 Å². The SMILES string of the molecule is C=C=CO[Si](C)=C=C. The van der Waals surface area contributed by atoms with Crippen molar-refractivity contribution in [3.8, 4) is 0 Å². The minimum Gasteiger partial charge on any atom is -0.509 e. The molecule has 0 aromatic carbocycles. The Morgan fingerprint density at radius 3 is 2.62 bits per heavy atom. The molecule has 0 N–H and O–H groups in total. The molecule has 0 unspecified atom stereocenters. The van der Waals surface area contributed by atoms with Crippen LogP contribution >= 0.6 is 0 Å². The number of hydrogen-bond donors (Lipinski definition) is 0. The summed E-state index contributed by atoms with van der Waals surface area (Å²) in [6.45, 7) is 8.71. The van der Waals surface area contributed by atoms with Gasteiger partial charge in [0.15, 0.2) is 0 Å². The van der Waals surface area contributed by atoms with E-state index in [0.717, 1.165) is 0 Å². The maximum Gasteiger partial charge on any atom is 0.289 e. The Balaban J connectivity index is 3.73. The summed E-state index contributed by atoms with van der Waals surface area (Å²) in [5.41, 5.74) is 2.49. The highest BCUT2D eigenvalue weighted by molar-refractivity contribution is 6.57. The quantitative estimate of drug-likeness (QED) is 0.304. The lowest BCUT2D eigenvalue weighted by molar-refractivity contribution is 0.516. The first-order valence-electron chi connectivity index (χ1n) is 2.19. The van der Waals surface area contributed by atoms with Crippen molar-refractivity contribution in [2.45, 2.75) is 6.55 Å². The number of hydrogen-bond acceptors (Lipinski definition) is 1. The van der Waals surface area contributed by atoms with Crippen LogP contribution in [0.2, 0.25) is 6.55 Å². The van der Waals surface area contributed by atoms with Gasteiger partial charge >= 0.3 is 0 Å². The van der Waals surface area contributed by atoms with Gasteiger partial charge in [-0.05, 0) is 6.55 Å². The molecule has 0 aliphatic carbocycles. The van der Waals surface area contributed by atoms with Crippen LogP contribution in [0, 0.1) is 0 Å². The van der Waals surface area contributed by atoms with E-state index >= 15 is 0 Å². The summed E-state index contributed by atoms with van der Waals surface area (Å²) in [7, 11) is -0.911. The molecule has 0 aliphatic heterocycles. The second-order valence-electron chi connectivity index (χ2n) is 1.17. The van der Waals surface area contributed by atoms with Gasteiger partial charge in [-0.1, -0.05) is 18.9 Å². The van der Waals surface area contributed by atoms with Crippen molar-refractivity contribution in [1.29, 1.82) is 0 Å². The van der Waals surface area contributed by atoms with E-state index in [9.17, 15) is 0 Å². The molecule has 0 rings (SSSR count). The second kappa shape index (κ2) is 4.35. The Labute approximate surface area is 50.9 Å². The molecule has 0 spiro atoms. The molecule has 0 saturated heterocycles. The fourth-order valence-electron chi connectivity index (χ4n) is 0.172. The summed E-state index contributed by atoms with van der Waals surface area (Å²) in [4.78, 5) is 0. The molecule has 1 nitrogen and oxygen atoms in total.